The zero-order valence-corrected chi connectivity index (χ0v) is 14.3. The second kappa shape index (κ2) is 6.31. The monoisotopic (exact) mass is 324 g/mol. The van der Waals surface area contributed by atoms with Crippen molar-refractivity contribution in [1.29, 1.82) is 0 Å². The summed E-state index contributed by atoms with van der Waals surface area (Å²) in [6, 6.07) is 7.26. The first kappa shape index (κ1) is 16.0. The number of hydrogen-bond donors (Lipinski definition) is 1. The van der Waals surface area contributed by atoms with Crippen LogP contribution in [0.1, 0.15) is 38.8 Å². The van der Waals surface area contributed by atoms with Crippen molar-refractivity contribution in [2.24, 2.45) is 0 Å². The minimum Gasteiger partial charge on any atom is -0.465 e. The van der Waals surface area contributed by atoms with Gasteiger partial charge in [-0.1, -0.05) is 0 Å². The molecule has 6 heteroatoms. The molecular weight excluding hydrogens is 304 g/mol. The van der Waals surface area contributed by atoms with Gasteiger partial charge in [-0.2, -0.15) is 5.10 Å². The van der Waals surface area contributed by atoms with Gasteiger partial charge in [0.2, 0.25) is 0 Å². The molecule has 0 aliphatic carbocycles. The fraction of sp³-hybridized carbons (Fsp3) is 0.278. The average Bonchev–Trinajstić information content (AvgIpc) is 3.11. The van der Waals surface area contributed by atoms with E-state index in [-0.39, 0.29) is 5.91 Å². The molecule has 1 amide bonds. The van der Waals surface area contributed by atoms with Gasteiger partial charge in [0, 0.05) is 11.9 Å². The van der Waals surface area contributed by atoms with E-state index in [4.69, 9.17) is 4.42 Å². The van der Waals surface area contributed by atoms with E-state index in [0.717, 1.165) is 28.5 Å². The molecule has 0 saturated carbocycles. The smallest absolute Gasteiger partial charge is 0.253 e. The normalized spacial score (nSPS) is 10.8. The molecule has 1 N–H and O–H groups in total. The molecule has 3 heterocycles. The number of carbonyl (C=O) groups is 1. The maximum Gasteiger partial charge on any atom is 0.253 e. The molecule has 0 atom stereocenters. The Morgan fingerprint density at radius 2 is 1.96 bits per heavy atom. The summed E-state index contributed by atoms with van der Waals surface area (Å²) in [5.41, 5.74) is 3.67. The number of aromatic nitrogens is 3. The number of carbonyl (C=O) groups excluding carboxylic acids is 1. The van der Waals surface area contributed by atoms with Crippen LogP contribution < -0.4 is 5.32 Å². The lowest BCUT2D eigenvalue weighted by Crippen LogP contribution is -2.22. The van der Waals surface area contributed by atoms with E-state index in [1.807, 2.05) is 39.8 Å². The summed E-state index contributed by atoms with van der Waals surface area (Å²) in [5, 5.41) is 7.29. The van der Waals surface area contributed by atoms with Crippen molar-refractivity contribution in [2.75, 3.05) is 0 Å². The highest BCUT2D eigenvalue weighted by Crippen LogP contribution is 2.15. The number of rotatable bonds is 4. The second-order valence-electron chi connectivity index (χ2n) is 5.81. The van der Waals surface area contributed by atoms with E-state index in [1.165, 1.54) is 0 Å². The van der Waals surface area contributed by atoms with Gasteiger partial charge in [0.25, 0.3) is 5.91 Å². The summed E-state index contributed by atoms with van der Waals surface area (Å²) < 4.78 is 7.22. The van der Waals surface area contributed by atoms with Gasteiger partial charge in [0.15, 0.2) is 5.82 Å². The minimum absolute atomic E-state index is 0.187. The molecule has 0 radical (unpaired) electrons. The highest BCUT2D eigenvalue weighted by atomic mass is 16.3. The van der Waals surface area contributed by atoms with Gasteiger partial charge in [-0.3, -0.25) is 4.79 Å². The third kappa shape index (κ3) is 3.08. The number of nitrogens with one attached hydrogen (secondary N) is 1. The molecule has 3 rings (SSSR count). The molecule has 3 aromatic rings. The number of amides is 1. The van der Waals surface area contributed by atoms with Gasteiger partial charge in [-0.15, -0.1) is 0 Å². The lowest BCUT2D eigenvalue weighted by molar-refractivity contribution is 0.0947. The van der Waals surface area contributed by atoms with Crippen molar-refractivity contribution in [1.82, 2.24) is 20.1 Å². The Morgan fingerprint density at radius 1 is 1.17 bits per heavy atom. The fourth-order valence-electron chi connectivity index (χ4n) is 2.44. The molecule has 124 valence electrons. The molecule has 0 bridgehead atoms. The molecule has 0 fully saturated rings. The summed E-state index contributed by atoms with van der Waals surface area (Å²) in [6.45, 7) is 8.23. The quantitative estimate of drug-likeness (QED) is 0.800. The van der Waals surface area contributed by atoms with Crippen molar-refractivity contribution >= 4 is 5.91 Å². The zero-order chi connectivity index (χ0) is 17.3. The Morgan fingerprint density at radius 3 is 2.50 bits per heavy atom. The molecule has 3 aromatic heterocycles. The second-order valence-corrected chi connectivity index (χ2v) is 5.81. The van der Waals surface area contributed by atoms with Gasteiger partial charge >= 0.3 is 0 Å². The van der Waals surface area contributed by atoms with Crippen LogP contribution in [0.5, 0.6) is 0 Å². The molecule has 6 nitrogen and oxygen atoms in total. The maximum absolute atomic E-state index is 12.2. The summed E-state index contributed by atoms with van der Waals surface area (Å²) in [7, 11) is 0. The van der Waals surface area contributed by atoms with Crippen LogP contribution in [-0.2, 0) is 6.54 Å². The van der Waals surface area contributed by atoms with E-state index >= 15 is 0 Å². The van der Waals surface area contributed by atoms with Crippen LogP contribution in [0.15, 0.2) is 34.9 Å². The van der Waals surface area contributed by atoms with Crippen LogP contribution in [0.4, 0.5) is 0 Å². The Balaban J connectivity index is 1.71. The van der Waals surface area contributed by atoms with E-state index in [2.05, 4.69) is 15.4 Å². The number of nitrogens with zero attached hydrogens (tertiary/aromatic N) is 3. The Hall–Kier alpha value is -2.89. The molecule has 0 aromatic carbocycles. The number of aryl methyl sites for hydroxylation is 2. The molecule has 24 heavy (non-hydrogen) atoms. The molecule has 0 saturated heterocycles. The Labute approximate surface area is 140 Å². The standard InChI is InChI=1S/C18H20N4O2/c1-11-5-7-16(24-11)10-20-18(23)15-6-8-17(19-9-15)22-14(4)12(2)13(3)21-22/h5-9H,10H2,1-4H3,(H,20,23). The van der Waals surface area contributed by atoms with Crippen molar-refractivity contribution in [3.05, 3.63) is 64.5 Å². The van der Waals surface area contributed by atoms with Gasteiger partial charge in [-0.25, -0.2) is 9.67 Å². The summed E-state index contributed by atoms with van der Waals surface area (Å²) in [6.07, 6.45) is 1.56. The van der Waals surface area contributed by atoms with E-state index < -0.39 is 0 Å². The average molecular weight is 324 g/mol. The molecular formula is C18H20N4O2. The largest absolute Gasteiger partial charge is 0.465 e. The zero-order valence-electron chi connectivity index (χ0n) is 14.3. The Kier molecular flexibility index (Phi) is 4.20. The molecule has 0 unspecified atom stereocenters. The summed E-state index contributed by atoms with van der Waals surface area (Å²) in [4.78, 5) is 16.5. The van der Waals surface area contributed by atoms with Crippen LogP contribution in [0, 0.1) is 27.7 Å². The Bertz CT molecular complexity index is 875. The minimum atomic E-state index is -0.187. The van der Waals surface area contributed by atoms with Crippen molar-refractivity contribution in [3.8, 4) is 5.82 Å². The van der Waals surface area contributed by atoms with E-state index in [9.17, 15) is 4.79 Å². The lowest BCUT2D eigenvalue weighted by Gasteiger charge is -2.06. The van der Waals surface area contributed by atoms with Crippen LogP contribution in [0.3, 0.4) is 0 Å². The predicted octanol–water partition coefficient (Wildman–Crippen LogP) is 3.02. The van der Waals surface area contributed by atoms with Gasteiger partial charge in [0.1, 0.15) is 11.5 Å². The third-order valence-electron chi connectivity index (χ3n) is 4.10. The van der Waals surface area contributed by atoms with E-state index in [1.54, 1.807) is 23.0 Å². The van der Waals surface area contributed by atoms with Crippen molar-refractivity contribution in [3.63, 3.8) is 0 Å². The maximum atomic E-state index is 12.2. The first-order chi connectivity index (χ1) is 11.5. The number of hydrogen-bond acceptors (Lipinski definition) is 4. The van der Waals surface area contributed by atoms with Gasteiger partial charge in [0.05, 0.1) is 17.8 Å². The van der Waals surface area contributed by atoms with Crippen LogP contribution >= 0.6 is 0 Å². The first-order valence-corrected chi connectivity index (χ1v) is 7.78. The van der Waals surface area contributed by atoms with Crippen LogP contribution in [0.25, 0.3) is 5.82 Å². The highest BCUT2D eigenvalue weighted by molar-refractivity contribution is 5.93. The third-order valence-corrected chi connectivity index (χ3v) is 4.10. The van der Waals surface area contributed by atoms with Crippen molar-refractivity contribution in [2.45, 2.75) is 34.2 Å². The van der Waals surface area contributed by atoms with Crippen molar-refractivity contribution < 1.29 is 9.21 Å². The predicted molar refractivity (Wildman–Crippen MR) is 90.2 cm³/mol. The molecule has 0 spiro atoms. The van der Waals surface area contributed by atoms with E-state index in [0.29, 0.717) is 17.9 Å². The molecule has 0 aliphatic rings. The number of furan rings is 1. The van der Waals surface area contributed by atoms with Gasteiger partial charge in [-0.05, 0) is 57.5 Å². The van der Waals surface area contributed by atoms with Crippen LogP contribution in [0.2, 0.25) is 0 Å². The number of pyridine rings is 1. The van der Waals surface area contributed by atoms with Crippen LogP contribution in [-0.4, -0.2) is 20.7 Å². The summed E-state index contributed by atoms with van der Waals surface area (Å²) in [5.74, 6) is 2.06. The van der Waals surface area contributed by atoms with Gasteiger partial charge < -0.3 is 9.73 Å². The summed E-state index contributed by atoms with van der Waals surface area (Å²) >= 11 is 0. The fourth-order valence-corrected chi connectivity index (χ4v) is 2.44. The highest BCUT2D eigenvalue weighted by Gasteiger charge is 2.12. The molecule has 0 aliphatic heterocycles. The SMILES string of the molecule is Cc1ccc(CNC(=O)c2ccc(-n3nc(C)c(C)c3C)nc2)o1. The first-order valence-electron chi connectivity index (χ1n) is 7.78. The topological polar surface area (TPSA) is 73.0 Å². The lowest BCUT2D eigenvalue weighted by atomic mass is 10.2.